The summed E-state index contributed by atoms with van der Waals surface area (Å²) in [6, 6.07) is 5.51. The second kappa shape index (κ2) is 5.22. The average Bonchev–Trinajstić information content (AvgIpc) is 2.74. The fourth-order valence-corrected chi connectivity index (χ4v) is 1.85. The van der Waals surface area contributed by atoms with Crippen LogP contribution in [0.5, 0.6) is 5.75 Å². The molecule has 2 N–H and O–H groups in total. The number of hydrogen-bond donors (Lipinski definition) is 1. The number of ether oxygens (including phenoxy) is 1. The van der Waals surface area contributed by atoms with Crippen molar-refractivity contribution in [2.75, 3.05) is 17.9 Å². The van der Waals surface area contributed by atoms with Crippen LogP contribution in [0.15, 0.2) is 30.6 Å². The first-order valence-corrected chi connectivity index (χ1v) is 7.10. The summed E-state index contributed by atoms with van der Waals surface area (Å²) in [5.41, 5.74) is 8.30. The minimum Gasteiger partial charge on any atom is -0.478 e. The highest BCUT2D eigenvalue weighted by atomic mass is 32.2. The molecule has 1 aromatic heterocycles. The molecular formula is C12H15N3O2S. The number of hydrogen-bond acceptors (Lipinski definition) is 4. The first kappa shape index (κ1) is 12.6. The molecule has 2 rings (SSSR count). The summed E-state index contributed by atoms with van der Waals surface area (Å²) < 4.78 is 18.2. The minimum atomic E-state index is -1.02. The van der Waals surface area contributed by atoms with Crippen molar-refractivity contribution >= 4 is 16.5 Å². The summed E-state index contributed by atoms with van der Waals surface area (Å²) in [6.45, 7) is 0. The van der Waals surface area contributed by atoms with E-state index >= 15 is 0 Å². The Balaban J connectivity index is 2.28. The molecule has 0 radical (unpaired) electrons. The Morgan fingerprint density at radius 2 is 2.22 bits per heavy atom. The Morgan fingerprint density at radius 1 is 1.44 bits per heavy atom. The molecule has 0 bridgehead atoms. The Bertz CT molecular complexity index is 580. The first-order chi connectivity index (χ1) is 8.56. The lowest BCUT2D eigenvalue weighted by atomic mass is 10.1. The number of aryl methyl sites for hydroxylation is 1. The molecule has 1 heterocycles. The molecule has 1 atom stereocenters. The Morgan fingerprint density at radius 3 is 2.83 bits per heavy atom. The van der Waals surface area contributed by atoms with Crippen LogP contribution in [0.2, 0.25) is 0 Å². The topological polar surface area (TPSA) is 70.1 Å². The molecule has 0 aliphatic carbocycles. The molecule has 0 amide bonds. The van der Waals surface area contributed by atoms with Crippen molar-refractivity contribution in [3.63, 3.8) is 0 Å². The molecule has 1 unspecified atom stereocenters. The summed E-state index contributed by atoms with van der Waals surface area (Å²) >= 11 is 0. The summed E-state index contributed by atoms with van der Waals surface area (Å²) in [7, 11) is 0.844. The zero-order chi connectivity index (χ0) is 13.1. The molecule has 5 nitrogen and oxygen atoms in total. The zero-order valence-electron chi connectivity index (χ0n) is 10.3. The molecular weight excluding hydrogens is 250 g/mol. The molecule has 0 spiro atoms. The van der Waals surface area contributed by atoms with Crippen molar-refractivity contribution in [2.24, 2.45) is 7.05 Å². The highest BCUT2D eigenvalue weighted by Gasteiger charge is 2.06. The van der Waals surface area contributed by atoms with Gasteiger partial charge in [0.1, 0.15) is 5.75 Å². The van der Waals surface area contributed by atoms with Gasteiger partial charge in [-0.15, -0.1) is 0 Å². The molecule has 0 aliphatic heterocycles. The van der Waals surface area contributed by atoms with E-state index in [0.29, 0.717) is 11.4 Å². The van der Waals surface area contributed by atoms with Crippen LogP contribution in [0.1, 0.15) is 0 Å². The summed E-state index contributed by atoms with van der Waals surface area (Å²) in [6.07, 6.45) is 5.27. The number of nitrogens with zero attached hydrogens (tertiary/aromatic N) is 2. The predicted octanol–water partition coefficient (Wildman–Crippen LogP) is 1.38. The number of rotatable bonds is 4. The third kappa shape index (κ3) is 2.89. The maximum Gasteiger partial charge on any atom is 0.162 e. The van der Waals surface area contributed by atoms with Crippen LogP contribution in [0.3, 0.4) is 0 Å². The lowest BCUT2D eigenvalue weighted by Gasteiger charge is -2.08. The quantitative estimate of drug-likeness (QED) is 0.848. The van der Waals surface area contributed by atoms with Crippen LogP contribution in [0.4, 0.5) is 5.69 Å². The van der Waals surface area contributed by atoms with Crippen LogP contribution in [0.25, 0.3) is 11.1 Å². The Labute approximate surface area is 108 Å². The molecule has 2 aromatic rings. The van der Waals surface area contributed by atoms with Gasteiger partial charge in [0.2, 0.25) is 0 Å². The van der Waals surface area contributed by atoms with Gasteiger partial charge in [-0.05, 0) is 17.7 Å². The van der Waals surface area contributed by atoms with E-state index in [4.69, 9.17) is 10.5 Å². The van der Waals surface area contributed by atoms with Gasteiger partial charge in [-0.3, -0.25) is 8.89 Å². The van der Waals surface area contributed by atoms with Crippen molar-refractivity contribution in [3.8, 4) is 16.9 Å². The van der Waals surface area contributed by atoms with Crippen LogP contribution in [-0.4, -0.2) is 26.2 Å². The van der Waals surface area contributed by atoms with Crippen molar-refractivity contribution in [1.82, 2.24) is 9.78 Å². The van der Waals surface area contributed by atoms with E-state index in [1.54, 1.807) is 23.2 Å². The van der Waals surface area contributed by atoms with Crippen LogP contribution < -0.4 is 10.5 Å². The van der Waals surface area contributed by atoms with Crippen molar-refractivity contribution in [3.05, 3.63) is 30.6 Å². The number of nitrogens with two attached hydrogens (primary N) is 1. The standard InChI is InChI=1S/C12H15N3O2S/c1-15-7-10(6-14-15)9-3-4-11(13)12(5-9)17-8-18(2)16/h3-7H,8,13H2,1-2H3. The summed E-state index contributed by atoms with van der Waals surface area (Å²) in [4.78, 5) is 0. The zero-order valence-corrected chi connectivity index (χ0v) is 11.1. The molecule has 0 saturated heterocycles. The van der Waals surface area contributed by atoms with Crippen molar-refractivity contribution in [1.29, 1.82) is 0 Å². The van der Waals surface area contributed by atoms with Gasteiger partial charge < -0.3 is 10.5 Å². The smallest absolute Gasteiger partial charge is 0.162 e. The molecule has 6 heteroatoms. The lowest BCUT2D eigenvalue weighted by molar-refractivity contribution is 0.389. The fourth-order valence-electron chi connectivity index (χ4n) is 1.56. The van der Waals surface area contributed by atoms with Gasteiger partial charge in [0.15, 0.2) is 5.94 Å². The van der Waals surface area contributed by atoms with E-state index in [-0.39, 0.29) is 5.94 Å². The number of benzene rings is 1. The third-order valence-electron chi connectivity index (χ3n) is 2.43. The number of nitrogen functional groups attached to an aromatic ring is 1. The van der Waals surface area contributed by atoms with Gasteiger partial charge in [0.25, 0.3) is 0 Å². The maximum atomic E-state index is 11.0. The molecule has 0 fully saturated rings. The van der Waals surface area contributed by atoms with Crippen LogP contribution in [-0.2, 0) is 17.8 Å². The van der Waals surface area contributed by atoms with Crippen molar-refractivity contribution in [2.45, 2.75) is 0 Å². The normalized spacial score (nSPS) is 12.3. The number of anilines is 1. The lowest BCUT2D eigenvalue weighted by Crippen LogP contribution is -2.04. The Kier molecular flexibility index (Phi) is 3.66. The molecule has 18 heavy (non-hydrogen) atoms. The molecule has 1 aromatic carbocycles. The van der Waals surface area contributed by atoms with Gasteiger partial charge in [0, 0.05) is 25.1 Å². The summed E-state index contributed by atoms with van der Waals surface area (Å²) in [5.74, 6) is 0.687. The van der Waals surface area contributed by atoms with E-state index in [1.807, 2.05) is 25.4 Å². The fraction of sp³-hybridized carbons (Fsp3) is 0.250. The van der Waals surface area contributed by atoms with Gasteiger partial charge in [0.05, 0.1) is 22.7 Å². The molecule has 0 saturated carbocycles. The van der Waals surface area contributed by atoms with Gasteiger partial charge in [-0.2, -0.15) is 5.10 Å². The molecule has 96 valence electrons. The maximum absolute atomic E-state index is 11.0. The van der Waals surface area contributed by atoms with E-state index in [1.165, 1.54) is 0 Å². The van der Waals surface area contributed by atoms with Crippen LogP contribution >= 0.6 is 0 Å². The second-order valence-electron chi connectivity index (χ2n) is 3.99. The van der Waals surface area contributed by atoms with E-state index in [0.717, 1.165) is 11.1 Å². The number of aromatic nitrogens is 2. The van der Waals surface area contributed by atoms with E-state index < -0.39 is 10.8 Å². The van der Waals surface area contributed by atoms with Crippen molar-refractivity contribution < 1.29 is 8.95 Å². The second-order valence-corrected chi connectivity index (χ2v) is 5.37. The van der Waals surface area contributed by atoms with E-state index in [9.17, 15) is 4.21 Å². The van der Waals surface area contributed by atoms with Gasteiger partial charge in [-0.1, -0.05) is 6.07 Å². The highest BCUT2D eigenvalue weighted by Crippen LogP contribution is 2.28. The van der Waals surface area contributed by atoms with Gasteiger partial charge in [-0.25, -0.2) is 0 Å². The first-order valence-electron chi connectivity index (χ1n) is 5.37. The Hall–Kier alpha value is -1.82. The van der Waals surface area contributed by atoms with Gasteiger partial charge >= 0.3 is 0 Å². The average molecular weight is 265 g/mol. The third-order valence-corrected chi connectivity index (χ3v) is 2.88. The van der Waals surface area contributed by atoms with Crippen LogP contribution in [0, 0.1) is 0 Å². The highest BCUT2D eigenvalue weighted by molar-refractivity contribution is 7.84. The minimum absolute atomic E-state index is 0.140. The van der Waals surface area contributed by atoms with E-state index in [2.05, 4.69) is 5.10 Å². The monoisotopic (exact) mass is 265 g/mol. The SMILES string of the molecule is Cn1cc(-c2ccc(N)c(OCS(C)=O)c2)cn1. The molecule has 0 aliphatic rings. The largest absolute Gasteiger partial charge is 0.478 e. The predicted molar refractivity (Wildman–Crippen MR) is 72.6 cm³/mol. The summed E-state index contributed by atoms with van der Waals surface area (Å²) in [5, 5.41) is 4.12.